The van der Waals surface area contributed by atoms with Gasteiger partial charge in [0.2, 0.25) is 5.95 Å². The number of alkyl halides is 2. The fraction of sp³-hybridized carbons (Fsp3) is 0.235. The summed E-state index contributed by atoms with van der Waals surface area (Å²) in [6, 6.07) is 14.3. The maximum absolute atomic E-state index is 12.8. The molecule has 2 heterocycles. The number of rotatable bonds is 4. The number of tetrazole rings is 1. The molecule has 134 valence electrons. The molecule has 1 aromatic heterocycles. The lowest BCUT2D eigenvalue weighted by atomic mass is 9.93. The quantitative estimate of drug-likeness (QED) is 0.684. The van der Waals surface area contributed by atoms with Gasteiger partial charge in [0.15, 0.2) is 0 Å². The van der Waals surface area contributed by atoms with Crippen LogP contribution in [0.5, 0.6) is 5.75 Å². The monoisotopic (exact) mass is 421 g/mol. The van der Waals surface area contributed by atoms with Crippen LogP contribution in [0.3, 0.4) is 0 Å². The van der Waals surface area contributed by atoms with Gasteiger partial charge in [0.25, 0.3) is 0 Å². The summed E-state index contributed by atoms with van der Waals surface area (Å²) in [5.74, 6) is 0.617. The summed E-state index contributed by atoms with van der Waals surface area (Å²) in [7, 11) is 0. The van der Waals surface area contributed by atoms with Crippen LogP contribution < -0.4 is 10.1 Å². The van der Waals surface area contributed by atoms with Crippen LogP contribution in [0, 0.1) is 0 Å². The van der Waals surface area contributed by atoms with E-state index in [1.54, 1.807) is 22.9 Å². The summed E-state index contributed by atoms with van der Waals surface area (Å²) in [4.78, 5) is 0. The van der Waals surface area contributed by atoms with Crippen molar-refractivity contribution in [3.63, 3.8) is 0 Å². The standard InChI is InChI=1S/C17H14BrF2N5O/c18-11-7-5-10(6-8-11)13-9-14(25-17(21-13)22-23-24-25)12-3-1-2-4-15(12)26-16(19)20/h1-8,13-14,16H,9H2,(H,21,22,24)/t13-,14+/m1/s1. The molecule has 1 N–H and O–H groups in total. The zero-order chi connectivity index (χ0) is 18.1. The molecule has 4 rings (SSSR count). The fourth-order valence-electron chi connectivity index (χ4n) is 3.17. The van der Waals surface area contributed by atoms with E-state index >= 15 is 0 Å². The number of fused-ring (bicyclic) bond motifs is 1. The molecule has 0 unspecified atom stereocenters. The summed E-state index contributed by atoms with van der Waals surface area (Å²) >= 11 is 3.43. The molecule has 0 saturated heterocycles. The van der Waals surface area contributed by atoms with Gasteiger partial charge in [0.1, 0.15) is 5.75 Å². The molecule has 26 heavy (non-hydrogen) atoms. The number of hydrogen-bond acceptors (Lipinski definition) is 5. The van der Waals surface area contributed by atoms with E-state index in [0.29, 0.717) is 17.9 Å². The second-order valence-corrected chi connectivity index (χ2v) is 6.78. The van der Waals surface area contributed by atoms with Crippen molar-refractivity contribution in [2.24, 2.45) is 0 Å². The van der Waals surface area contributed by atoms with E-state index in [1.807, 2.05) is 24.3 Å². The Morgan fingerprint density at radius 1 is 1.15 bits per heavy atom. The van der Waals surface area contributed by atoms with E-state index in [9.17, 15) is 8.78 Å². The Hall–Kier alpha value is -2.55. The van der Waals surface area contributed by atoms with Gasteiger partial charge in [-0.1, -0.05) is 51.4 Å². The third-order valence-electron chi connectivity index (χ3n) is 4.32. The Morgan fingerprint density at radius 3 is 2.69 bits per heavy atom. The van der Waals surface area contributed by atoms with Gasteiger partial charge in [-0.3, -0.25) is 0 Å². The van der Waals surface area contributed by atoms with Crippen LogP contribution in [0.25, 0.3) is 0 Å². The average Bonchev–Trinajstić information content (AvgIpc) is 3.10. The summed E-state index contributed by atoms with van der Waals surface area (Å²) < 4.78 is 32.9. The summed E-state index contributed by atoms with van der Waals surface area (Å²) in [6.45, 7) is -2.89. The second-order valence-electron chi connectivity index (χ2n) is 5.86. The van der Waals surface area contributed by atoms with Crippen molar-refractivity contribution in [3.05, 3.63) is 64.1 Å². The summed E-state index contributed by atoms with van der Waals surface area (Å²) in [6.07, 6.45) is 0.587. The number of para-hydroxylation sites is 1. The highest BCUT2D eigenvalue weighted by atomic mass is 79.9. The van der Waals surface area contributed by atoms with Crippen molar-refractivity contribution in [3.8, 4) is 5.75 Å². The molecular formula is C17H14BrF2N5O. The molecule has 2 aromatic carbocycles. The lowest BCUT2D eigenvalue weighted by Gasteiger charge is -2.31. The van der Waals surface area contributed by atoms with Gasteiger partial charge < -0.3 is 10.1 Å². The highest BCUT2D eigenvalue weighted by Gasteiger charge is 2.32. The van der Waals surface area contributed by atoms with E-state index in [2.05, 4.69) is 36.8 Å². The number of anilines is 1. The van der Waals surface area contributed by atoms with E-state index in [1.165, 1.54) is 6.07 Å². The van der Waals surface area contributed by atoms with Crippen LogP contribution >= 0.6 is 15.9 Å². The lowest BCUT2D eigenvalue weighted by molar-refractivity contribution is -0.0507. The molecule has 0 amide bonds. The molecule has 0 radical (unpaired) electrons. The number of halogens is 3. The topological polar surface area (TPSA) is 64.9 Å². The molecule has 0 bridgehead atoms. The fourth-order valence-corrected chi connectivity index (χ4v) is 3.43. The summed E-state index contributed by atoms with van der Waals surface area (Å²) in [5.41, 5.74) is 1.67. The molecule has 0 spiro atoms. The van der Waals surface area contributed by atoms with E-state index in [-0.39, 0.29) is 17.8 Å². The molecule has 9 heteroatoms. The zero-order valence-corrected chi connectivity index (χ0v) is 15.0. The molecule has 0 fully saturated rings. The van der Waals surface area contributed by atoms with Gasteiger partial charge in [-0.05, 0) is 40.6 Å². The minimum absolute atomic E-state index is 0.0637. The maximum Gasteiger partial charge on any atom is 0.387 e. The highest BCUT2D eigenvalue weighted by molar-refractivity contribution is 9.10. The minimum Gasteiger partial charge on any atom is -0.434 e. The molecule has 2 atom stereocenters. The van der Waals surface area contributed by atoms with Crippen molar-refractivity contribution in [2.75, 3.05) is 5.32 Å². The Morgan fingerprint density at radius 2 is 1.92 bits per heavy atom. The van der Waals surface area contributed by atoms with Crippen LogP contribution in [0.4, 0.5) is 14.7 Å². The molecule has 1 aliphatic heterocycles. The summed E-state index contributed by atoms with van der Waals surface area (Å²) in [5, 5.41) is 15.0. The van der Waals surface area contributed by atoms with Crippen LogP contribution in [0.2, 0.25) is 0 Å². The first-order valence-electron chi connectivity index (χ1n) is 7.95. The number of ether oxygens (including phenoxy) is 1. The number of nitrogens with zero attached hydrogens (tertiary/aromatic N) is 4. The van der Waals surface area contributed by atoms with Crippen molar-refractivity contribution >= 4 is 21.9 Å². The van der Waals surface area contributed by atoms with Crippen LogP contribution in [0.1, 0.15) is 29.6 Å². The third-order valence-corrected chi connectivity index (χ3v) is 4.85. The SMILES string of the molecule is FC(F)Oc1ccccc1[C@@H]1C[C@H](c2ccc(Br)cc2)Nc2nnnn21. The molecule has 0 aliphatic carbocycles. The largest absolute Gasteiger partial charge is 0.434 e. The second kappa shape index (κ2) is 6.99. The predicted molar refractivity (Wildman–Crippen MR) is 94.2 cm³/mol. The van der Waals surface area contributed by atoms with Crippen LogP contribution in [-0.2, 0) is 0 Å². The Labute approximate surface area is 156 Å². The van der Waals surface area contributed by atoms with E-state index in [0.717, 1.165) is 10.0 Å². The first kappa shape index (κ1) is 16.9. The molecule has 1 aliphatic rings. The molecule has 0 saturated carbocycles. The lowest BCUT2D eigenvalue weighted by Crippen LogP contribution is -2.28. The maximum atomic E-state index is 12.8. The Bertz CT molecular complexity index is 902. The van der Waals surface area contributed by atoms with Crippen LogP contribution in [0.15, 0.2) is 53.0 Å². The number of nitrogens with one attached hydrogen (secondary N) is 1. The van der Waals surface area contributed by atoms with Crippen molar-refractivity contribution < 1.29 is 13.5 Å². The smallest absolute Gasteiger partial charge is 0.387 e. The van der Waals surface area contributed by atoms with E-state index in [4.69, 9.17) is 4.74 Å². The first-order chi connectivity index (χ1) is 12.6. The van der Waals surface area contributed by atoms with Crippen molar-refractivity contribution in [1.29, 1.82) is 0 Å². The van der Waals surface area contributed by atoms with Crippen molar-refractivity contribution in [2.45, 2.75) is 25.1 Å². The normalized spacial score (nSPS) is 19.1. The Balaban J connectivity index is 1.73. The van der Waals surface area contributed by atoms with Crippen molar-refractivity contribution in [1.82, 2.24) is 20.2 Å². The Kier molecular flexibility index (Phi) is 4.54. The predicted octanol–water partition coefficient (Wildman–Crippen LogP) is 4.18. The van der Waals surface area contributed by atoms with Gasteiger partial charge >= 0.3 is 6.61 Å². The zero-order valence-electron chi connectivity index (χ0n) is 13.4. The third kappa shape index (κ3) is 3.26. The van der Waals surface area contributed by atoms with Gasteiger partial charge in [0.05, 0.1) is 12.1 Å². The first-order valence-corrected chi connectivity index (χ1v) is 8.74. The van der Waals surface area contributed by atoms with Gasteiger partial charge in [-0.25, -0.2) is 4.68 Å². The van der Waals surface area contributed by atoms with E-state index < -0.39 is 6.61 Å². The highest BCUT2D eigenvalue weighted by Crippen LogP contribution is 2.40. The van der Waals surface area contributed by atoms with Gasteiger partial charge in [0, 0.05) is 10.0 Å². The number of hydrogen-bond donors (Lipinski definition) is 1. The van der Waals surface area contributed by atoms with Gasteiger partial charge in [-0.15, -0.1) is 0 Å². The average molecular weight is 422 g/mol. The molecule has 3 aromatic rings. The molecule has 6 nitrogen and oxygen atoms in total. The number of benzene rings is 2. The minimum atomic E-state index is -2.89. The van der Waals surface area contributed by atoms with Crippen LogP contribution in [-0.4, -0.2) is 26.8 Å². The number of aromatic nitrogens is 4. The van der Waals surface area contributed by atoms with Gasteiger partial charge in [-0.2, -0.15) is 8.78 Å². The molecular weight excluding hydrogens is 408 g/mol.